The summed E-state index contributed by atoms with van der Waals surface area (Å²) in [6.45, 7) is 4.82. The molecule has 3 nitrogen and oxygen atoms in total. The zero-order valence-electron chi connectivity index (χ0n) is 12.2. The molecule has 0 aromatic heterocycles. The van der Waals surface area contributed by atoms with Crippen molar-refractivity contribution < 1.29 is 4.79 Å². The van der Waals surface area contributed by atoms with Gasteiger partial charge in [0.15, 0.2) is 0 Å². The van der Waals surface area contributed by atoms with Gasteiger partial charge in [-0.3, -0.25) is 4.79 Å². The standard InChI is InChI=1S/C17H19ClN2O/c1-11-9-14(17(19)21)3-4-15(11)10-20-12(2)13-5-7-16(18)8-6-13/h3-9,12,20H,10H2,1-2H3,(H2,19,21)/t12-/m0/s1. The Labute approximate surface area is 130 Å². The summed E-state index contributed by atoms with van der Waals surface area (Å²) in [5.41, 5.74) is 9.22. The van der Waals surface area contributed by atoms with Crippen LogP contribution in [-0.2, 0) is 6.54 Å². The molecule has 2 aromatic carbocycles. The number of primary amides is 1. The van der Waals surface area contributed by atoms with Crippen molar-refractivity contribution in [2.24, 2.45) is 5.73 Å². The monoisotopic (exact) mass is 302 g/mol. The lowest BCUT2D eigenvalue weighted by Gasteiger charge is -2.16. The molecule has 0 aliphatic rings. The highest BCUT2D eigenvalue weighted by molar-refractivity contribution is 6.30. The second-order valence-electron chi connectivity index (χ2n) is 5.16. The Kier molecular flexibility index (Phi) is 4.99. The Bertz CT molecular complexity index is 638. The summed E-state index contributed by atoms with van der Waals surface area (Å²) < 4.78 is 0. The summed E-state index contributed by atoms with van der Waals surface area (Å²) in [5, 5.41) is 4.20. The van der Waals surface area contributed by atoms with Crippen molar-refractivity contribution in [1.82, 2.24) is 5.32 Å². The molecule has 1 amide bonds. The van der Waals surface area contributed by atoms with Gasteiger partial charge in [-0.25, -0.2) is 0 Å². The third kappa shape index (κ3) is 4.06. The Morgan fingerprint density at radius 1 is 1.24 bits per heavy atom. The molecule has 0 heterocycles. The fourth-order valence-electron chi connectivity index (χ4n) is 2.18. The highest BCUT2D eigenvalue weighted by Crippen LogP contribution is 2.17. The van der Waals surface area contributed by atoms with E-state index in [0.717, 1.165) is 22.7 Å². The second-order valence-corrected chi connectivity index (χ2v) is 5.60. The van der Waals surface area contributed by atoms with Gasteiger partial charge in [-0.05, 0) is 54.8 Å². The van der Waals surface area contributed by atoms with Crippen LogP contribution in [0.3, 0.4) is 0 Å². The summed E-state index contributed by atoms with van der Waals surface area (Å²) >= 11 is 5.89. The first-order chi connectivity index (χ1) is 9.97. The van der Waals surface area contributed by atoms with Gasteiger partial charge in [0.2, 0.25) is 5.91 Å². The van der Waals surface area contributed by atoms with Crippen molar-refractivity contribution in [1.29, 1.82) is 0 Å². The van der Waals surface area contributed by atoms with Crippen LogP contribution in [0.25, 0.3) is 0 Å². The van der Waals surface area contributed by atoms with E-state index < -0.39 is 5.91 Å². The molecule has 1 atom stereocenters. The molecule has 0 unspecified atom stereocenters. The van der Waals surface area contributed by atoms with E-state index >= 15 is 0 Å². The number of benzene rings is 2. The Hall–Kier alpha value is -1.84. The van der Waals surface area contributed by atoms with Crippen LogP contribution < -0.4 is 11.1 Å². The van der Waals surface area contributed by atoms with Gasteiger partial charge in [-0.1, -0.05) is 29.8 Å². The summed E-state index contributed by atoms with van der Waals surface area (Å²) in [6, 6.07) is 13.6. The van der Waals surface area contributed by atoms with Crippen molar-refractivity contribution in [3.05, 3.63) is 69.7 Å². The highest BCUT2D eigenvalue weighted by atomic mass is 35.5. The first-order valence-corrected chi connectivity index (χ1v) is 7.23. The van der Waals surface area contributed by atoms with Crippen molar-refractivity contribution in [2.75, 3.05) is 0 Å². The first-order valence-electron chi connectivity index (χ1n) is 6.85. The molecule has 4 heteroatoms. The molecule has 0 saturated heterocycles. The lowest BCUT2D eigenvalue weighted by molar-refractivity contribution is 0.1000. The van der Waals surface area contributed by atoms with Gasteiger partial charge in [-0.15, -0.1) is 0 Å². The quantitative estimate of drug-likeness (QED) is 0.886. The predicted molar refractivity (Wildman–Crippen MR) is 86.4 cm³/mol. The number of carbonyl (C=O) groups is 1. The summed E-state index contributed by atoms with van der Waals surface area (Å²) in [4.78, 5) is 11.1. The second kappa shape index (κ2) is 6.74. The smallest absolute Gasteiger partial charge is 0.248 e. The lowest BCUT2D eigenvalue weighted by atomic mass is 10.0. The number of halogens is 1. The van der Waals surface area contributed by atoms with Crippen LogP contribution in [0, 0.1) is 6.92 Å². The number of hydrogen-bond acceptors (Lipinski definition) is 2. The number of nitrogens with one attached hydrogen (secondary N) is 1. The minimum Gasteiger partial charge on any atom is -0.366 e. The Morgan fingerprint density at radius 2 is 1.90 bits per heavy atom. The van der Waals surface area contributed by atoms with E-state index in [1.807, 2.05) is 43.3 Å². The molecule has 0 fully saturated rings. The van der Waals surface area contributed by atoms with E-state index in [4.69, 9.17) is 17.3 Å². The minimum absolute atomic E-state index is 0.220. The molecule has 3 N–H and O–H groups in total. The van der Waals surface area contributed by atoms with E-state index in [-0.39, 0.29) is 6.04 Å². The van der Waals surface area contributed by atoms with Crippen molar-refractivity contribution in [3.8, 4) is 0 Å². The van der Waals surface area contributed by atoms with Crippen LogP contribution >= 0.6 is 11.6 Å². The van der Waals surface area contributed by atoms with Gasteiger partial charge < -0.3 is 11.1 Å². The largest absolute Gasteiger partial charge is 0.366 e. The summed E-state index contributed by atoms with van der Waals surface area (Å²) in [5.74, 6) is -0.396. The Morgan fingerprint density at radius 3 is 2.48 bits per heavy atom. The maximum atomic E-state index is 11.1. The van der Waals surface area contributed by atoms with Gasteiger partial charge in [0.05, 0.1) is 0 Å². The number of aryl methyl sites for hydroxylation is 1. The zero-order valence-corrected chi connectivity index (χ0v) is 12.9. The number of amides is 1. The summed E-state index contributed by atoms with van der Waals surface area (Å²) in [7, 11) is 0. The van der Waals surface area contributed by atoms with Gasteiger partial charge in [0.25, 0.3) is 0 Å². The maximum Gasteiger partial charge on any atom is 0.248 e. The number of rotatable bonds is 5. The number of nitrogens with two attached hydrogens (primary N) is 1. The fraction of sp³-hybridized carbons (Fsp3) is 0.235. The van der Waals surface area contributed by atoms with E-state index in [1.54, 1.807) is 6.07 Å². The van der Waals surface area contributed by atoms with Gasteiger partial charge in [0.1, 0.15) is 0 Å². The number of hydrogen-bond donors (Lipinski definition) is 2. The van der Waals surface area contributed by atoms with Gasteiger partial charge >= 0.3 is 0 Å². The van der Waals surface area contributed by atoms with Crippen LogP contribution in [0.4, 0.5) is 0 Å². The molecule has 110 valence electrons. The molecule has 21 heavy (non-hydrogen) atoms. The van der Waals surface area contributed by atoms with E-state index in [0.29, 0.717) is 5.56 Å². The average molecular weight is 303 g/mol. The predicted octanol–water partition coefficient (Wildman–Crippen LogP) is 3.60. The fourth-order valence-corrected chi connectivity index (χ4v) is 2.31. The molecule has 0 aliphatic heterocycles. The van der Waals surface area contributed by atoms with Crippen molar-refractivity contribution >= 4 is 17.5 Å². The van der Waals surface area contributed by atoms with Crippen LogP contribution in [-0.4, -0.2) is 5.91 Å². The highest BCUT2D eigenvalue weighted by Gasteiger charge is 2.07. The number of carbonyl (C=O) groups excluding carboxylic acids is 1. The Balaban J connectivity index is 2.02. The molecular formula is C17H19ClN2O. The minimum atomic E-state index is -0.396. The van der Waals surface area contributed by atoms with Crippen molar-refractivity contribution in [2.45, 2.75) is 26.4 Å². The van der Waals surface area contributed by atoms with Crippen LogP contribution in [0.1, 0.15) is 40.0 Å². The average Bonchev–Trinajstić information content (AvgIpc) is 2.46. The molecular weight excluding hydrogens is 284 g/mol. The SMILES string of the molecule is Cc1cc(C(N)=O)ccc1CN[C@@H](C)c1ccc(Cl)cc1. The van der Waals surface area contributed by atoms with Crippen LogP contribution in [0.15, 0.2) is 42.5 Å². The van der Waals surface area contributed by atoms with Gasteiger partial charge in [-0.2, -0.15) is 0 Å². The molecule has 0 spiro atoms. The lowest BCUT2D eigenvalue weighted by Crippen LogP contribution is -2.19. The van der Waals surface area contributed by atoms with E-state index in [1.165, 1.54) is 5.56 Å². The van der Waals surface area contributed by atoms with Crippen LogP contribution in [0.5, 0.6) is 0 Å². The van der Waals surface area contributed by atoms with Crippen molar-refractivity contribution in [3.63, 3.8) is 0 Å². The molecule has 2 aromatic rings. The third-order valence-corrected chi connectivity index (χ3v) is 3.85. The topological polar surface area (TPSA) is 55.1 Å². The first kappa shape index (κ1) is 15.5. The molecule has 0 radical (unpaired) electrons. The molecule has 0 saturated carbocycles. The molecule has 0 bridgehead atoms. The molecule has 2 rings (SSSR count). The molecule has 0 aliphatic carbocycles. The normalized spacial score (nSPS) is 12.1. The summed E-state index contributed by atoms with van der Waals surface area (Å²) in [6.07, 6.45) is 0. The van der Waals surface area contributed by atoms with Crippen LogP contribution in [0.2, 0.25) is 5.02 Å². The van der Waals surface area contributed by atoms with E-state index in [9.17, 15) is 4.79 Å². The van der Waals surface area contributed by atoms with E-state index in [2.05, 4.69) is 12.2 Å². The third-order valence-electron chi connectivity index (χ3n) is 3.60. The van der Waals surface area contributed by atoms with Gasteiger partial charge in [0, 0.05) is 23.2 Å². The maximum absolute atomic E-state index is 11.1. The zero-order chi connectivity index (χ0) is 15.4.